The molecule has 0 aliphatic rings. The molecule has 2 N–H and O–H groups in total. The maximum Gasteiger partial charge on any atom is 0.164 e. The number of aryl methyl sites for hydroxylation is 1. The van der Waals surface area contributed by atoms with Gasteiger partial charge in [-0.25, -0.2) is 0 Å². The van der Waals surface area contributed by atoms with Crippen molar-refractivity contribution in [1.82, 2.24) is 0 Å². The minimum Gasteiger partial charge on any atom is -0.504 e. The third kappa shape index (κ3) is 1.60. The first-order chi connectivity index (χ1) is 6.11. The van der Waals surface area contributed by atoms with E-state index in [1.807, 2.05) is 13.8 Å². The van der Waals surface area contributed by atoms with E-state index in [1.54, 1.807) is 6.07 Å². The molecule has 3 nitrogen and oxygen atoms in total. The zero-order chi connectivity index (χ0) is 10.0. The SMILES string of the molecule is COc1c(C)c(C)cc(CO)c1O. The van der Waals surface area contributed by atoms with Gasteiger partial charge >= 0.3 is 0 Å². The van der Waals surface area contributed by atoms with Gasteiger partial charge in [-0.05, 0) is 31.0 Å². The van der Waals surface area contributed by atoms with Crippen molar-refractivity contribution >= 4 is 0 Å². The highest BCUT2D eigenvalue weighted by atomic mass is 16.5. The lowest BCUT2D eigenvalue weighted by Gasteiger charge is -2.12. The molecule has 0 heterocycles. The monoisotopic (exact) mass is 182 g/mol. The molecule has 72 valence electrons. The van der Waals surface area contributed by atoms with Crippen molar-refractivity contribution < 1.29 is 14.9 Å². The zero-order valence-corrected chi connectivity index (χ0v) is 8.09. The van der Waals surface area contributed by atoms with E-state index in [0.717, 1.165) is 11.1 Å². The quantitative estimate of drug-likeness (QED) is 0.728. The Bertz CT molecular complexity index is 318. The molecule has 1 rings (SSSR count). The second kappa shape index (κ2) is 3.66. The van der Waals surface area contributed by atoms with Crippen LogP contribution >= 0.6 is 0 Å². The van der Waals surface area contributed by atoms with Gasteiger partial charge in [0.25, 0.3) is 0 Å². The second-order valence-electron chi connectivity index (χ2n) is 3.02. The van der Waals surface area contributed by atoms with Gasteiger partial charge in [0.1, 0.15) is 0 Å². The molecule has 0 aromatic heterocycles. The fourth-order valence-corrected chi connectivity index (χ4v) is 1.31. The van der Waals surface area contributed by atoms with Crippen LogP contribution in [0.3, 0.4) is 0 Å². The number of aliphatic hydroxyl groups excluding tert-OH is 1. The molecule has 0 amide bonds. The molecule has 1 aromatic rings. The van der Waals surface area contributed by atoms with Gasteiger partial charge in [-0.2, -0.15) is 0 Å². The maximum absolute atomic E-state index is 9.61. The lowest BCUT2D eigenvalue weighted by atomic mass is 10.0. The average molecular weight is 182 g/mol. The highest BCUT2D eigenvalue weighted by Gasteiger charge is 2.12. The molecular weight excluding hydrogens is 168 g/mol. The van der Waals surface area contributed by atoms with Crippen LogP contribution in [-0.2, 0) is 6.61 Å². The third-order valence-electron chi connectivity index (χ3n) is 2.22. The predicted octanol–water partition coefficient (Wildman–Crippen LogP) is 1.51. The van der Waals surface area contributed by atoms with Gasteiger partial charge in [0, 0.05) is 5.56 Å². The van der Waals surface area contributed by atoms with Gasteiger partial charge in [-0.1, -0.05) is 0 Å². The number of rotatable bonds is 2. The Kier molecular flexibility index (Phi) is 2.78. The van der Waals surface area contributed by atoms with Crippen molar-refractivity contribution in [3.8, 4) is 11.5 Å². The van der Waals surface area contributed by atoms with Crippen LogP contribution in [0.25, 0.3) is 0 Å². The summed E-state index contributed by atoms with van der Waals surface area (Å²) in [7, 11) is 1.50. The lowest BCUT2D eigenvalue weighted by Crippen LogP contribution is -1.95. The van der Waals surface area contributed by atoms with E-state index in [0.29, 0.717) is 11.3 Å². The molecule has 0 saturated carbocycles. The largest absolute Gasteiger partial charge is 0.504 e. The van der Waals surface area contributed by atoms with Crippen LogP contribution in [0, 0.1) is 13.8 Å². The number of hydrogen-bond acceptors (Lipinski definition) is 3. The van der Waals surface area contributed by atoms with E-state index < -0.39 is 0 Å². The molecule has 0 atom stereocenters. The van der Waals surface area contributed by atoms with Gasteiger partial charge < -0.3 is 14.9 Å². The van der Waals surface area contributed by atoms with Crippen molar-refractivity contribution in [3.05, 3.63) is 22.8 Å². The fraction of sp³-hybridized carbons (Fsp3) is 0.400. The average Bonchev–Trinajstić information content (AvgIpc) is 2.12. The summed E-state index contributed by atoms with van der Waals surface area (Å²) in [4.78, 5) is 0. The van der Waals surface area contributed by atoms with E-state index in [1.165, 1.54) is 7.11 Å². The molecule has 0 unspecified atom stereocenters. The standard InChI is InChI=1S/C10H14O3/c1-6-4-8(5-11)9(12)10(13-3)7(6)2/h4,11-12H,5H2,1-3H3. The topological polar surface area (TPSA) is 49.7 Å². The summed E-state index contributed by atoms with van der Waals surface area (Å²) in [6.07, 6.45) is 0. The summed E-state index contributed by atoms with van der Waals surface area (Å²) in [6, 6.07) is 1.76. The van der Waals surface area contributed by atoms with Gasteiger partial charge in [0.05, 0.1) is 13.7 Å². The highest BCUT2D eigenvalue weighted by molar-refractivity contribution is 5.53. The zero-order valence-electron chi connectivity index (χ0n) is 8.09. The molecule has 1 aromatic carbocycles. The summed E-state index contributed by atoms with van der Waals surface area (Å²) in [5, 5.41) is 18.5. The van der Waals surface area contributed by atoms with Crippen molar-refractivity contribution in [2.24, 2.45) is 0 Å². The van der Waals surface area contributed by atoms with Crippen molar-refractivity contribution in [2.45, 2.75) is 20.5 Å². The summed E-state index contributed by atoms with van der Waals surface area (Å²) in [5.74, 6) is 0.483. The molecule has 0 aliphatic heterocycles. The third-order valence-corrected chi connectivity index (χ3v) is 2.22. The van der Waals surface area contributed by atoms with Crippen molar-refractivity contribution in [2.75, 3.05) is 7.11 Å². The number of benzene rings is 1. The number of ether oxygens (including phenoxy) is 1. The van der Waals surface area contributed by atoms with Crippen LogP contribution in [-0.4, -0.2) is 17.3 Å². The number of methoxy groups -OCH3 is 1. The van der Waals surface area contributed by atoms with Crippen LogP contribution in [0.4, 0.5) is 0 Å². The summed E-state index contributed by atoms with van der Waals surface area (Å²) in [5.41, 5.74) is 2.40. The summed E-state index contributed by atoms with van der Waals surface area (Å²) in [6.45, 7) is 3.61. The Morgan fingerprint density at radius 3 is 2.46 bits per heavy atom. The minimum absolute atomic E-state index is 0.0353. The molecule has 0 bridgehead atoms. The lowest BCUT2D eigenvalue weighted by molar-refractivity contribution is 0.272. The predicted molar refractivity (Wildman–Crippen MR) is 50.1 cm³/mol. The number of aromatic hydroxyl groups is 1. The van der Waals surface area contributed by atoms with Crippen LogP contribution in [0.2, 0.25) is 0 Å². The minimum atomic E-state index is -0.177. The van der Waals surface area contributed by atoms with E-state index in [-0.39, 0.29) is 12.4 Å². The summed E-state index contributed by atoms with van der Waals surface area (Å²) >= 11 is 0. The van der Waals surface area contributed by atoms with Crippen LogP contribution in [0.15, 0.2) is 6.07 Å². The normalized spacial score (nSPS) is 10.2. The highest BCUT2D eigenvalue weighted by Crippen LogP contribution is 2.35. The summed E-state index contributed by atoms with van der Waals surface area (Å²) < 4.78 is 5.04. The molecule has 3 heteroatoms. The second-order valence-corrected chi connectivity index (χ2v) is 3.02. The van der Waals surface area contributed by atoms with Gasteiger partial charge in [-0.15, -0.1) is 0 Å². The molecule has 0 radical (unpaired) electrons. The van der Waals surface area contributed by atoms with E-state index in [9.17, 15) is 5.11 Å². The Balaban J connectivity index is 3.39. The maximum atomic E-state index is 9.61. The first-order valence-corrected chi connectivity index (χ1v) is 4.08. The number of hydrogen-bond donors (Lipinski definition) is 2. The van der Waals surface area contributed by atoms with Gasteiger partial charge in [0.15, 0.2) is 11.5 Å². The smallest absolute Gasteiger partial charge is 0.164 e. The number of aliphatic hydroxyl groups is 1. The van der Waals surface area contributed by atoms with Crippen LogP contribution in [0.5, 0.6) is 11.5 Å². The van der Waals surface area contributed by atoms with Crippen molar-refractivity contribution in [3.63, 3.8) is 0 Å². The fourth-order valence-electron chi connectivity index (χ4n) is 1.31. The van der Waals surface area contributed by atoms with E-state index in [2.05, 4.69) is 0 Å². The molecule has 13 heavy (non-hydrogen) atoms. The van der Waals surface area contributed by atoms with E-state index >= 15 is 0 Å². The Labute approximate surface area is 77.6 Å². The van der Waals surface area contributed by atoms with Gasteiger partial charge in [0.2, 0.25) is 0 Å². The van der Waals surface area contributed by atoms with Gasteiger partial charge in [-0.3, -0.25) is 0 Å². The Morgan fingerprint density at radius 2 is 2.00 bits per heavy atom. The van der Waals surface area contributed by atoms with Crippen molar-refractivity contribution in [1.29, 1.82) is 0 Å². The molecule has 0 spiro atoms. The number of phenols is 1. The van der Waals surface area contributed by atoms with E-state index in [4.69, 9.17) is 9.84 Å². The molecular formula is C10H14O3. The first-order valence-electron chi connectivity index (χ1n) is 4.08. The van der Waals surface area contributed by atoms with Crippen LogP contribution in [0.1, 0.15) is 16.7 Å². The first kappa shape index (κ1) is 9.86. The Hall–Kier alpha value is -1.22. The van der Waals surface area contributed by atoms with Crippen LogP contribution < -0.4 is 4.74 Å². The Morgan fingerprint density at radius 1 is 1.38 bits per heavy atom. The molecule has 0 aliphatic carbocycles. The molecule has 0 fully saturated rings. The molecule has 0 saturated heterocycles.